The van der Waals surface area contributed by atoms with Gasteiger partial charge in [-0.05, 0) is 72.9 Å². The van der Waals surface area contributed by atoms with Crippen LogP contribution < -0.4 is 15.6 Å². The molecule has 0 saturated carbocycles. The highest BCUT2D eigenvalue weighted by Gasteiger charge is 2.33. The van der Waals surface area contributed by atoms with Crippen molar-refractivity contribution in [1.82, 2.24) is 5.43 Å². The molecule has 1 aliphatic heterocycles. The molecular weight excluding hydrogens is 937 g/mol. The number of hydrogen-bond donors (Lipinski definition) is 3. The third-order valence-corrected chi connectivity index (χ3v) is 11.1. The summed E-state index contributed by atoms with van der Waals surface area (Å²) in [7, 11) is 0. The molecule has 1 aliphatic rings. The Kier molecular flexibility index (Phi) is 27.5. The number of nitrogens with one attached hydrogen (secondary N) is 2. The summed E-state index contributed by atoms with van der Waals surface area (Å²) < 4.78 is 83.7. The van der Waals surface area contributed by atoms with Gasteiger partial charge in [-0.1, -0.05) is 29.8 Å². The zero-order chi connectivity index (χ0) is 48.7. The summed E-state index contributed by atoms with van der Waals surface area (Å²) in [5.41, 5.74) is 4.01. The number of nitrogens with zero attached hydrogens (tertiary/aromatic N) is 2. The molecule has 68 heavy (non-hydrogen) atoms. The number of halogens is 4. The van der Waals surface area contributed by atoms with Gasteiger partial charge in [0, 0.05) is 35.8 Å². The van der Waals surface area contributed by atoms with Crippen molar-refractivity contribution in [3.05, 3.63) is 93.5 Å². The van der Waals surface area contributed by atoms with Crippen LogP contribution >= 0.6 is 23.4 Å². The van der Waals surface area contributed by atoms with E-state index in [1.807, 2.05) is 12.1 Å². The first kappa shape index (κ1) is 56.2. The maximum atomic E-state index is 13.5. The summed E-state index contributed by atoms with van der Waals surface area (Å²) >= 11 is 7.39. The number of amides is 2. The second-order valence-corrected chi connectivity index (χ2v) is 16.5. The van der Waals surface area contributed by atoms with E-state index in [-0.39, 0.29) is 29.8 Å². The number of carbonyl (C=O) groups is 3. The molecule has 4 rings (SSSR count). The quantitative estimate of drug-likeness (QED) is 0.0305. The second kappa shape index (κ2) is 33.2. The second-order valence-electron chi connectivity index (χ2n) is 15.0. The zero-order valence-electron chi connectivity index (χ0n) is 38.1. The molecule has 0 aliphatic carbocycles. The van der Waals surface area contributed by atoms with Gasteiger partial charge >= 0.3 is 12.1 Å². The van der Waals surface area contributed by atoms with E-state index < -0.39 is 34.5 Å². The molecule has 376 valence electrons. The topological polar surface area (TPSA) is 185 Å². The molecule has 0 atom stereocenters. The monoisotopic (exact) mass is 998 g/mol. The lowest BCUT2D eigenvalue weighted by Gasteiger charge is -2.29. The average Bonchev–Trinajstić information content (AvgIpc) is 3.33. The molecule has 0 spiro atoms. The number of carbonyl (C=O) groups excluding carboxylic acids is 2. The third kappa shape index (κ3) is 23.3. The molecule has 21 heteroatoms. The fourth-order valence-corrected chi connectivity index (χ4v) is 7.37. The average molecular weight is 1000 g/mol. The fourth-order valence-electron chi connectivity index (χ4n) is 6.35. The molecule has 2 amide bonds. The summed E-state index contributed by atoms with van der Waals surface area (Å²) in [6.45, 7) is 8.34. The highest BCUT2D eigenvalue weighted by molar-refractivity contribution is 7.98. The highest BCUT2D eigenvalue weighted by atomic mass is 35.5. The van der Waals surface area contributed by atoms with Crippen LogP contribution in [0, 0.1) is 0 Å². The van der Waals surface area contributed by atoms with Crippen molar-refractivity contribution >= 4 is 58.7 Å². The number of rotatable bonds is 35. The Bertz CT molecular complexity index is 1980. The first-order chi connectivity index (χ1) is 33.0. The van der Waals surface area contributed by atoms with Gasteiger partial charge in [-0.15, -0.1) is 0 Å². The van der Waals surface area contributed by atoms with Crippen molar-refractivity contribution in [3.63, 3.8) is 0 Å². The van der Waals surface area contributed by atoms with E-state index in [4.69, 9.17) is 54.6 Å². The largest absolute Gasteiger partial charge is 0.481 e. The van der Waals surface area contributed by atoms with Crippen LogP contribution in [-0.4, -0.2) is 154 Å². The smallest absolute Gasteiger partial charge is 0.417 e. The van der Waals surface area contributed by atoms with Gasteiger partial charge in [0.05, 0.1) is 140 Å². The van der Waals surface area contributed by atoms with Crippen LogP contribution in [0.25, 0.3) is 0 Å². The molecule has 0 unspecified atom stereocenters. The van der Waals surface area contributed by atoms with Gasteiger partial charge in [0.2, 0.25) is 0 Å². The Balaban J connectivity index is 1.04. The summed E-state index contributed by atoms with van der Waals surface area (Å²) in [5, 5.41) is 14.8. The first-order valence-corrected chi connectivity index (χ1v) is 24.0. The van der Waals surface area contributed by atoms with Crippen molar-refractivity contribution in [3.8, 4) is 0 Å². The van der Waals surface area contributed by atoms with Crippen LogP contribution in [0.4, 0.5) is 24.5 Å². The summed E-state index contributed by atoms with van der Waals surface area (Å²) in [4.78, 5) is 39.6. The number of carboxylic acid groups (broad SMARTS) is 1. The maximum Gasteiger partial charge on any atom is 0.417 e. The van der Waals surface area contributed by atoms with Crippen LogP contribution in [0.5, 0.6) is 0 Å². The first-order valence-electron chi connectivity index (χ1n) is 22.4. The van der Waals surface area contributed by atoms with Crippen LogP contribution in [0.2, 0.25) is 5.02 Å². The summed E-state index contributed by atoms with van der Waals surface area (Å²) in [6, 6.07) is 15.7. The lowest BCUT2D eigenvalue weighted by atomic mass is 10.1. The van der Waals surface area contributed by atoms with Gasteiger partial charge in [0.1, 0.15) is 0 Å². The molecule has 1 fully saturated rings. The minimum Gasteiger partial charge on any atom is -0.481 e. The molecule has 3 aromatic rings. The number of piperidine rings is 1. The Hall–Kier alpha value is -4.35. The highest BCUT2D eigenvalue weighted by Crippen LogP contribution is 2.35. The predicted octanol–water partition coefficient (Wildman–Crippen LogP) is 7.21. The molecule has 1 saturated heterocycles. The summed E-state index contributed by atoms with van der Waals surface area (Å²) in [6.07, 6.45) is -0.448. The lowest BCUT2D eigenvalue weighted by molar-refractivity contribution is -0.138. The number of aliphatic carboxylic acids is 1. The van der Waals surface area contributed by atoms with E-state index in [0.717, 1.165) is 67.7 Å². The molecule has 16 nitrogen and oxygen atoms in total. The summed E-state index contributed by atoms with van der Waals surface area (Å²) in [5.74, 6) is -0.577. The number of hydrogen-bond acceptors (Lipinski definition) is 14. The van der Waals surface area contributed by atoms with E-state index >= 15 is 0 Å². The SMILES string of the molecule is O=C(O)CCOCCOCCOCCOCCOCCOCCOCCOCCSCc1cccc(C(=O)Nc2ccc(N3CCCCC3)cc2C(=O)N/N=C/c2ccc(Cl)c(C(F)(F)F)c2)c1. The van der Waals surface area contributed by atoms with Crippen molar-refractivity contribution in [2.45, 2.75) is 37.6 Å². The Morgan fingerprint density at radius 3 is 1.81 bits per heavy atom. The van der Waals surface area contributed by atoms with E-state index in [1.54, 1.807) is 42.1 Å². The van der Waals surface area contributed by atoms with Gasteiger partial charge < -0.3 is 53.2 Å². The molecule has 0 bridgehead atoms. The zero-order valence-corrected chi connectivity index (χ0v) is 39.6. The van der Waals surface area contributed by atoms with Gasteiger partial charge in [0.15, 0.2) is 0 Å². The van der Waals surface area contributed by atoms with Gasteiger partial charge in [-0.2, -0.15) is 30.0 Å². The van der Waals surface area contributed by atoms with E-state index in [2.05, 4.69) is 20.7 Å². The van der Waals surface area contributed by atoms with Crippen LogP contribution in [0.15, 0.2) is 65.8 Å². The standard InChI is InChI=1S/C47H62ClF3N4O12S/c48-42-9-7-36(32-41(42)47(49,50)51)34-52-54-46(59)40-33-39(55-12-2-1-3-13-55)8-10-43(40)53-45(58)38-6-4-5-37(31-38)35-68-30-29-67-28-27-66-26-25-65-24-23-64-22-21-63-20-19-62-18-17-61-16-15-60-14-11-44(56)57/h4-10,31-34H,1-3,11-30,35H2,(H,53,58)(H,54,59)(H,56,57)/b52-34+. The minimum atomic E-state index is -4.66. The molecule has 0 radical (unpaired) electrons. The van der Waals surface area contributed by atoms with Crippen LogP contribution in [0.1, 0.15) is 63.1 Å². The van der Waals surface area contributed by atoms with Crippen molar-refractivity contribution in [2.75, 3.05) is 135 Å². The third-order valence-electron chi connectivity index (χ3n) is 9.79. The molecular formula is C47H62ClF3N4O12S. The number of ether oxygens (including phenoxy) is 8. The molecule has 3 aromatic carbocycles. The minimum absolute atomic E-state index is 0.0219. The Labute approximate surface area is 404 Å². The van der Waals surface area contributed by atoms with Crippen molar-refractivity contribution in [1.29, 1.82) is 0 Å². The molecule has 3 N–H and O–H groups in total. The van der Waals surface area contributed by atoms with Gasteiger partial charge in [-0.3, -0.25) is 14.4 Å². The fraction of sp³-hybridized carbons (Fsp3) is 0.532. The predicted molar refractivity (Wildman–Crippen MR) is 253 cm³/mol. The van der Waals surface area contributed by atoms with Crippen LogP contribution in [0.3, 0.4) is 0 Å². The van der Waals surface area contributed by atoms with Crippen LogP contribution in [-0.2, 0) is 54.6 Å². The Morgan fingerprint density at radius 2 is 1.25 bits per heavy atom. The molecule has 0 aromatic heterocycles. The number of benzene rings is 3. The number of thioether (sulfide) groups is 1. The number of alkyl halides is 3. The maximum absolute atomic E-state index is 13.5. The van der Waals surface area contributed by atoms with Gasteiger partial charge in [-0.25, -0.2) is 5.43 Å². The normalized spacial score (nSPS) is 13.0. The lowest BCUT2D eigenvalue weighted by Crippen LogP contribution is -2.30. The van der Waals surface area contributed by atoms with Gasteiger partial charge in [0.25, 0.3) is 11.8 Å². The van der Waals surface area contributed by atoms with E-state index in [9.17, 15) is 27.6 Å². The number of carboxylic acids is 1. The van der Waals surface area contributed by atoms with E-state index in [0.29, 0.717) is 110 Å². The molecule has 1 heterocycles. The number of hydrazone groups is 1. The number of anilines is 2. The Morgan fingerprint density at radius 1 is 0.691 bits per heavy atom. The van der Waals surface area contributed by atoms with Crippen molar-refractivity contribution < 1.29 is 70.6 Å². The van der Waals surface area contributed by atoms with Crippen molar-refractivity contribution in [2.24, 2.45) is 5.10 Å². The van der Waals surface area contributed by atoms with E-state index in [1.165, 1.54) is 6.07 Å².